The van der Waals surface area contributed by atoms with Crippen LogP contribution in [0.2, 0.25) is 5.02 Å². The molecule has 7 heteroatoms. The van der Waals surface area contributed by atoms with Crippen molar-refractivity contribution in [1.29, 1.82) is 0 Å². The molecule has 134 valence electrons. The summed E-state index contributed by atoms with van der Waals surface area (Å²) in [5, 5.41) is 7.02. The maximum Gasteiger partial charge on any atom is 0.249 e. The van der Waals surface area contributed by atoms with Crippen molar-refractivity contribution in [1.82, 2.24) is 5.43 Å². The van der Waals surface area contributed by atoms with E-state index in [0.29, 0.717) is 28.6 Å². The molecule has 6 nitrogen and oxygen atoms in total. The number of nitrogens with zero attached hydrogens (tertiary/aromatic N) is 1. The van der Waals surface area contributed by atoms with Gasteiger partial charge < -0.3 is 10.1 Å². The highest BCUT2D eigenvalue weighted by Gasteiger charge is 2.09. The second-order valence-corrected chi connectivity index (χ2v) is 5.60. The Morgan fingerprint density at radius 2 is 1.85 bits per heavy atom. The van der Waals surface area contributed by atoms with Crippen LogP contribution in [-0.4, -0.2) is 24.6 Å². The van der Waals surface area contributed by atoms with Crippen LogP contribution >= 0.6 is 11.6 Å². The molecule has 0 atom stereocenters. The third-order valence-corrected chi connectivity index (χ3v) is 3.37. The van der Waals surface area contributed by atoms with Gasteiger partial charge in [0, 0.05) is 16.3 Å². The smallest absolute Gasteiger partial charge is 0.249 e. The number of para-hydroxylation sites is 1. The van der Waals surface area contributed by atoms with Crippen LogP contribution in [0.15, 0.2) is 66.3 Å². The van der Waals surface area contributed by atoms with Gasteiger partial charge in [0.1, 0.15) is 18.8 Å². The minimum atomic E-state index is -0.530. The van der Waals surface area contributed by atoms with Gasteiger partial charge in [-0.2, -0.15) is 5.10 Å². The van der Waals surface area contributed by atoms with Crippen LogP contribution in [0.4, 0.5) is 5.69 Å². The lowest BCUT2D eigenvalue weighted by Crippen LogP contribution is -2.24. The molecule has 0 unspecified atom stereocenters. The number of carbonyl (C=O) groups is 2. The average Bonchev–Trinajstić information content (AvgIpc) is 2.62. The van der Waals surface area contributed by atoms with Gasteiger partial charge in [0.25, 0.3) is 0 Å². The molecule has 2 rings (SSSR count). The number of hydrogen-bond donors (Lipinski definition) is 2. The van der Waals surface area contributed by atoms with E-state index >= 15 is 0 Å². The van der Waals surface area contributed by atoms with Gasteiger partial charge >= 0.3 is 0 Å². The largest absolute Gasteiger partial charge is 0.489 e. The monoisotopic (exact) mass is 371 g/mol. The second-order valence-electron chi connectivity index (χ2n) is 5.16. The Morgan fingerprint density at radius 1 is 1.12 bits per heavy atom. The van der Waals surface area contributed by atoms with Gasteiger partial charge in [-0.25, -0.2) is 5.43 Å². The van der Waals surface area contributed by atoms with Gasteiger partial charge in [-0.1, -0.05) is 36.4 Å². The summed E-state index contributed by atoms with van der Waals surface area (Å²) in [6.45, 7) is 3.96. The van der Waals surface area contributed by atoms with Gasteiger partial charge in [-0.15, -0.1) is 0 Å². The molecule has 0 fully saturated rings. The third kappa shape index (κ3) is 6.41. The van der Waals surface area contributed by atoms with Crippen LogP contribution in [0.3, 0.4) is 0 Å². The van der Waals surface area contributed by atoms with Crippen molar-refractivity contribution in [3.05, 3.63) is 71.8 Å². The zero-order chi connectivity index (χ0) is 18.8. The number of halogens is 1. The van der Waals surface area contributed by atoms with E-state index in [4.69, 9.17) is 16.3 Å². The molecule has 0 aliphatic rings. The van der Waals surface area contributed by atoms with Crippen LogP contribution in [0.25, 0.3) is 0 Å². The Kier molecular flexibility index (Phi) is 7.39. The van der Waals surface area contributed by atoms with Crippen LogP contribution in [0.5, 0.6) is 5.75 Å². The first-order valence-corrected chi connectivity index (χ1v) is 8.16. The van der Waals surface area contributed by atoms with Crippen LogP contribution in [-0.2, 0) is 9.59 Å². The van der Waals surface area contributed by atoms with Crippen molar-refractivity contribution in [3.8, 4) is 5.75 Å². The number of rotatable bonds is 8. The third-order valence-electron chi connectivity index (χ3n) is 3.12. The lowest BCUT2D eigenvalue weighted by Gasteiger charge is -2.06. The number of hydrogen-bond acceptors (Lipinski definition) is 4. The van der Waals surface area contributed by atoms with E-state index in [1.54, 1.807) is 42.5 Å². The van der Waals surface area contributed by atoms with Gasteiger partial charge in [0.15, 0.2) is 0 Å². The minimum Gasteiger partial charge on any atom is -0.489 e. The summed E-state index contributed by atoms with van der Waals surface area (Å²) >= 11 is 5.77. The van der Waals surface area contributed by atoms with E-state index < -0.39 is 11.8 Å². The molecule has 0 bridgehead atoms. The molecule has 0 spiro atoms. The van der Waals surface area contributed by atoms with Gasteiger partial charge in [0.2, 0.25) is 11.8 Å². The number of ether oxygens (including phenoxy) is 1. The molecule has 0 saturated heterocycles. The van der Waals surface area contributed by atoms with E-state index in [-0.39, 0.29) is 6.42 Å². The lowest BCUT2D eigenvalue weighted by molar-refractivity contribution is -0.126. The molecule has 26 heavy (non-hydrogen) atoms. The SMILES string of the molecule is C=CCOc1ccccc1C=NNC(=O)CC(=O)Nc1ccc(Cl)cc1. The molecule has 0 aliphatic heterocycles. The Bertz CT molecular complexity index is 804. The fourth-order valence-electron chi connectivity index (χ4n) is 1.96. The topological polar surface area (TPSA) is 79.8 Å². The summed E-state index contributed by atoms with van der Waals surface area (Å²) in [6.07, 6.45) is 2.73. The Morgan fingerprint density at radius 3 is 2.58 bits per heavy atom. The fourth-order valence-corrected chi connectivity index (χ4v) is 2.09. The molecule has 2 aromatic carbocycles. The van der Waals surface area contributed by atoms with Crippen molar-refractivity contribution in [3.63, 3.8) is 0 Å². The number of hydrazone groups is 1. The number of amides is 2. The molecule has 0 aliphatic carbocycles. The van der Waals surface area contributed by atoms with Crippen molar-refractivity contribution < 1.29 is 14.3 Å². The van der Waals surface area contributed by atoms with E-state index in [0.717, 1.165) is 0 Å². The van der Waals surface area contributed by atoms with Crippen molar-refractivity contribution in [2.45, 2.75) is 6.42 Å². The normalized spacial score (nSPS) is 10.3. The molecule has 2 N–H and O–H groups in total. The molecule has 2 aromatic rings. The zero-order valence-electron chi connectivity index (χ0n) is 13.9. The van der Waals surface area contributed by atoms with Crippen molar-refractivity contribution in [2.75, 3.05) is 11.9 Å². The molecule has 2 amide bonds. The number of anilines is 1. The molecule has 0 saturated carbocycles. The summed E-state index contributed by atoms with van der Waals surface area (Å²) in [5.74, 6) is -0.363. The molecule has 0 aromatic heterocycles. The molecule has 0 radical (unpaired) electrons. The number of carbonyl (C=O) groups excluding carboxylic acids is 2. The Labute approximate surface area is 156 Å². The summed E-state index contributed by atoms with van der Waals surface area (Å²) in [6, 6.07) is 13.8. The summed E-state index contributed by atoms with van der Waals surface area (Å²) in [5.41, 5.74) is 3.57. The average molecular weight is 372 g/mol. The highest BCUT2D eigenvalue weighted by molar-refractivity contribution is 6.30. The van der Waals surface area contributed by atoms with Gasteiger partial charge in [-0.05, 0) is 36.4 Å². The zero-order valence-corrected chi connectivity index (χ0v) is 14.7. The summed E-state index contributed by atoms with van der Waals surface area (Å²) < 4.78 is 5.49. The standard InChI is InChI=1S/C19H18ClN3O3/c1-2-11-26-17-6-4-3-5-14(17)13-21-23-19(25)12-18(24)22-16-9-7-15(20)8-10-16/h2-10,13H,1,11-12H2,(H,22,24)(H,23,25). The Hall–Kier alpha value is -3.12. The van der Waals surface area contributed by atoms with E-state index in [1.165, 1.54) is 6.21 Å². The first-order chi connectivity index (χ1) is 12.6. The van der Waals surface area contributed by atoms with Crippen LogP contribution < -0.4 is 15.5 Å². The van der Waals surface area contributed by atoms with Crippen molar-refractivity contribution in [2.24, 2.45) is 5.10 Å². The van der Waals surface area contributed by atoms with Crippen molar-refractivity contribution >= 4 is 35.3 Å². The van der Waals surface area contributed by atoms with Gasteiger partial charge in [-0.3, -0.25) is 9.59 Å². The Balaban J connectivity index is 1.84. The maximum absolute atomic E-state index is 11.8. The highest BCUT2D eigenvalue weighted by atomic mass is 35.5. The molecular formula is C19H18ClN3O3. The fraction of sp³-hybridized carbons (Fsp3) is 0.105. The number of benzene rings is 2. The van der Waals surface area contributed by atoms with Gasteiger partial charge in [0.05, 0.1) is 6.21 Å². The quantitative estimate of drug-likeness (QED) is 0.323. The lowest BCUT2D eigenvalue weighted by atomic mass is 10.2. The first kappa shape index (κ1) is 19.2. The first-order valence-electron chi connectivity index (χ1n) is 7.78. The molecule has 0 heterocycles. The highest BCUT2D eigenvalue weighted by Crippen LogP contribution is 2.15. The van der Waals surface area contributed by atoms with E-state index in [2.05, 4.69) is 22.4 Å². The predicted octanol–water partition coefficient (Wildman–Crippen LogP) is 3.38. The second kappa shape index (κ2) is 10.0. The molecular weight excluding hydrogens is 354 g/mol. The summed E-state index contributed by atoms with van der Waals surface area (Å²) in [4.78, 5) is 23.6. The number of nitrogens with one attached hydrogen (secondary N) is 2. The maximum atomic E-state index is 11.8. The van der Waals surface area contributed by atoms with E-state index in [1.807, 2.05) is 12.1 Å². The predicted molar refractivity (Wildman–Crippen MR) is 103 cm³/mol. The minimum absolute atomic E-state index is 0.353. The van der Waals surface area contributed by atoms with E-state index in [9.17, 15) is 9.59 Å². The van der Waals surface area contributed by atoms with Crippen LogP contribution in [0, 0.1) is 0 Å². The summed E-state index contributed by atoms with van der Waals surface area (Å²) in [7, 11) is 0. The van der Waals surface area contributed by atoms with Crippen LogP contribution in [0.1, 0.15) is 12.0 Å².